The van der Waals surface area contributed by atoms with Gasteiger partial charge in [-0.05, 0) is 44.0 Å². The first-order chi connectivity index (χ1) is 10.3. The van der Waals surface area contributed by atoms with Gasteiger partial charge >= 0.3 is 0 Å². The molecule has 1 aliphatic rings. The van der Waals surface area contributed by atoms with E-state index in [1.807, 2.05) is 0 Å². The van der Waals surface area contributed by atoms with Crippen LogP contribution in [0, 0.1) is 0 Å². The summed E-state index contributed by atoms with van der Waals surface area (Å²) in [5.74, 6) is -0.208. The van der Waals surface area contributed by atoms with Gasteiger partial charge in [-0.25, -0.2) is 8.42 Å². The zero-order valence-electron chi connectivity index (χ0n) is 12.8. The number of benzene rings is 1. The lowest BCUT2D eigenvalue weighted by Gasteiger charge is -2.36. The number of aliphatic hydroxyl groups is 1. The van der Waals surface area contributed by atoms with Crippen LogP contribution in [0.5, 0.6) is 0 Å². The van der Waals surface area contributed by atoms with E-state index in [0.717, 1.165) is 12.8 Å². The number of sulfonamides is 1. The molecular weight excluding hydrogens is 304 g/mol. The lowest BCUT2D eigenvalue weighted by Crippen LogP contribution is -2.48. The molecule has 22 heavy (non-hydrogen) atoms. The number of aliphatic hydroxyl groups excluding tert-OH is 1. The molecule has 1 fully saturated rings. The minimum Gasteiger partial charge on any atom is -0.392 e. The van der Waals surface area contributed by atoms with Crippen molar-refractivity contribution in [2.45, 2.75) is 50.2 Å². The molecule has 2 atom stereocenters. The third-order valence-corrected chi connectivity index (χ3v) is 5.78. The molecule has 0 bridgehead atoms. The molecule has 0 spiro atoms. The van der Waals surface area contributed by atoms with E-state index in [1.165, 1.54) is 23.4 Å². The average molecular weight is 326 g/mol. The van der Waals surface area contributed by atoms with Gasteiger partial charge in [-0.15, -0.1) is 0 Å². The molecule has 0 radical (unpaired) electrons. The Hall–Kier alpha value is -1.44. The number of rotatable bonds is 4. The summed E-state index contributed by atoms with van der Waals surface area (Å²) < 4.78 is 26.9. The smallest absolute Gasteiger partial charge is 0.243 e. The second-order valence-electron chi connectivity index (χ2n) is 5.63. The van der Waals surface area contributed by atoms with E-state index in [9.17, 15) is 18.3 Å². The quantitative estimate of drug-likeness (QED) is 0.879. The molecule has 1 aromatic rings. The molecule has 0 unspecified atom stereocenters. The largest absolute Gasteiger partial charge is 0.392 e. The van der Waals surface area contributed by atoms with Crippen molar-refractivity contribution < 1.29 is 18.3 Å². The number of piperidine rings is 1. The summed E-state index contributed by atoms with van der Waals surface area (Å²) in [6.45, 7) is 3.44. The maximum absolute atomic E-state index is 12.8. The van der Waals surface area contributed by atoms with Gasteiger partial charge in [-0.1, -0.05) is 6.42 Å². The van der Waals surface area contributed by atoms with Crippen molar-refractivity contribution in [1.82, 2.24) is 4.31 Å². The number of carbonyl (C=O) groups excluding carboxylic acids is 1. The molecular formula is C15H22N2O4S. The van der Waals surface area contributed by atoms with Gasteiger partial charge < -0.3 is 10.4 Å². The standard InChI is InChI=1S/C15H22N2O4S/c1-11(18)15-5-3-4-10-17(15)22(20,21)14-8-6-13(7-9-14)16-12(2)19/h6-9,11,15,18H,3-5,10H2,1-2H3,(H,16,19)/t11-,15+/m0/s1. The highest BCUT2D eigenvalue weighted by atomic mass is 32.2. The highest BCUT2D eigenvalue weighted by Gasteiger charge is 2.35. The average Bonchev–Trinajstić information content (AvgIpc) is 2.47. The van der Waals surface area contributed by atoms with E-state index in [-0.39, 0.29) is 16.8 Å². The fourth-order valence-electron chi connectivity index (χ4n) is 2.76. The van der Waals surface area contributed by atoms with Crippen LogP contribution in [0.15, 0.2) is 29.2 Å². The Kier molecular flexibility index (Phi) is 5.20. The number of hydrogen-bond donors (Lipinski definition) is 2. The Labute approximate surface area is 131 Å². The van der Waals surface area contributed by atoms with Gasteiger partial charge in [-0.2, -0.15) is 4.31 Å². The minimum absolute atomic E-state index is 0.175. The molecule has 0 aliphatic carbocycles. The van der Waals surface area contributed by atoms with E-state index >= 15 is 0 Å². The molecule has 1 heterocycles. The fourth-order valence-corrected chi connectivity index (χ4v) is 4.52. The van der Waals surface area contributed by atoms with Crippen LogP contribution in [0.2, 0.25) is 0 Å². The third-order valence-electron chi connectivity index (χ3n) is 3.84. The Bertz CT molecular complexity index is 625. The van der Waals surface area contributed by atoms with Crippen molar-refractivity contribution in [3.05, 3.63) is 24.3 Å². The number of hydrogen-bond acceptors (Lipinski definition) is 4. The molecule has 0 aromatic heterocycles. The number of amides is 1. The van der Waals surface area contributed by atoms with Crippen LogP contribution >= 0.6 is 0 Å². The molecule has 2 N–H and O–H groups in total. The highest BCUT2D eigenvalue weighted by molar-refractivity contribution is 7.89. The Balaban J connectivity index is 2.26. The van der Waals surface area contributed by atoms with Gasteiger partial charge in [0.2, 0.25) is 15.9 Å². The summed E-state index contributed by atoms with van der Waals surface area (Å²) in [7, 11) is -3.64. The number of nitrogens with zero attached hydrogens (tertiary/aromatic N) is 1. The molecule has 1 aromatic carbocycles. The van der Waals surface area contributed by atoms with E-state index in [4.69, 9.17) is 0 Å². The summed E-state index contributed by atoms with van der Waals surface area (Å²) in [5.41, 5.74) is 0.553. The Morgan fingerprint density at radius 1 is 1.32 bits per heavy atom. The summed E-state index contributed by atoms with van der Waals surface area (Å²) in [6, 6.07) is 5.71. The van der Waals surface area contributed by atoms with Crippen molar-refractivity contribution in [2.75, 3.05) is 11.9 Å². The summed E-state index contributed by atoms with van der Waals surface area (Å²) in [4.78, 5) is 11.2. The first kappa shape index (κ1) is 16.9. The number of nitrogens with one attached hydrogen (secondary N) is 1. The predicted molar refractivity (Wildman–Crippen MR) is 84.0 cm³/mol. The van der Waals surface area contributed by atoms with Crippen molar-refractivity contribution in [1.29, 1.82) is 0 Å². The van der Waals surface area contributed by atoms with E-state index < -0.39 is 16.1 Å². The first-order valence-corrected chi connectivity index (χ1v) is 8.84. The van der Waals surface area contributed by atoms with Crippen molar-refractivity contribution in [3.63, 3.8) is 0 Å². The van der Waals surface area contributed by atoms with Crippen molar-refractivity contribution in [2.24, 2.45) is 0 Å². The lowest BCUT2D eigenvalue weighted by molar-refractivity contribution is -0.114. The molecule has 7 heteroatoms. The first-order valence-electron chi connectivity index (χ1n) is 7.40. The molecule has 1 aliphatic heterocycles. The van der Waals surface area contributed by atoms with Gasteiger partial charge in [0.15, 0.2) is 0 Å². The second kappa shape index (κ2) is 6.76. The van der Waals surface area contributed by atoms with Gasteiger partial charge in [0.05, 0.1) is 17.0 Å². The molecule has 6 nitrogen and oxygen atoms in total. The number of anilines is 1. The normalized spacial score (nSPS) is 21.3. The minimum atomic E-state index is -3.64. The molecule has 2 rings (SSSR count). The van der Waals surface area contributed by atoms with Crippen LogP contribution in [0.25, 0.3) is 0 Å². The second-order valence-corrected chi connectivity index (χ2v) is 7.52. The Morgan fingerprint density at radius 2 is 1.95 bits per heavy atom. The molecule has 1 saturated heterocycles. The van der Waals surface area contributed by atoms with Crippen LogP contribution in [0.1, 0.15) is 33.1 Å². The lowest BCUT2D eigenvalue weighted by atomic mass is 10.0. The van der Waals surface area contributed by atoms with Crippen LogP contribution in [-0.2, 0) is 14.8 Å². The molecule has 1 amide bonds. The SMILES string of the molecule is CC(=O)Nc1ccc(S(=O)(=O)N2CCCC[C@@H]2[C@H](C)O)cc1. The van der Waals surface area contributed by atoms with Crippen molar-refractivity contribution in [3.8, 4) is 0 Å². The van der Waals surface area contributed by atoms with Crippen LogP contribution in [-0.4, -0.2) is 42.4 Å². The van der Waals surface area contributed by atoms with Gasteiger partial charge in [0, 0.05) is 19.2 Å². The van der Waals surface area contributed by atoms with Gasteiger partial charge in [0.1, 0.15) is 0 Å². The van der Waals surface area contributed by atoms with Crippen LogP contribution in [0.3, 0.4) is 0 Å². The predicted octanol–water partition coefficient (Wildman–Crippen LogP) is 1.57. The fraction of sp³-hybridized carbons (Fsp3) is 0.533. The van der Waals surface area contributed by atoms with E-state index in [1.54, 1.807) is 19.1 Å². The zero-order valence-corrected chi connectivity index (χ0v) is 13.6. The van der Waals surface area contributed by atoms with Crippen LogP contribution in [0.4, 0.5) is 5.69 Å². The maximum atomic E-state index is 12.8. The summed E-state index contributed by atoms with van der Waals surface area (Å²) in [6.07, 6.45) is 1.69. The van der Waals surface area contributed by atoms with Gasteiger partial charge in [-0.3, -0.25) is 4.79 Å². The molecule has 122 valence electrons. The summed E-state index contributed by atoms with van der Waals surface area (Å²) >= 11 is 0. The van der Waals surface area contributed by atoms with Gasteiger partial charge in [0.25, 0.3) is 0 Å². The monoisotopic (exact) mass is 326 g/mol. The third kappa shape index (κ3) is 3.66. The van der Waals surface area contributed by atoms with Crippen molar-refractivity contribution >= 4 is 21.6 Å². The topological polar surface area (TPSA) is 86.7 Å². The zero-order chi connectivity index (χ0) is 16.3. The highest BCUT2D eigenvalue weighted by Crippen LogP contribution is 2.27. The molecule has 0 saturated carbocycles. The van der Waals surface area contributed by atoms with Crippen LogP contribution < -0.4 is 5.32 Å². The van der Waals surface area contributed by atoms with E-state index in [0.29, 0.717) is 18.7 Å². The summed E-state index contributed by atoms with van der Waals surface area (Å²) in [5, 5.41) is 12.5. The van der Waals surface area contributed by atoms with E-state index in [2.05, 4.69) is 5.32 Å². The number of carbonyl (C=O) groups is 1. The Morgan fingerprint density at radius 3 is 2.50 bits per heavy atom. The maximum Gasteiger partial charge on any atom is 0.243 e.